The van der Waals surface area contributed by atoms with E-state index in [0.717, 1.165) is 22.6 Å². The first-order chi connectivity index (χ1) is 7.78. The van der Waals surface area contributed by atoms with Crippen LogP contribution in [0.5, 0.6) is 0 Å². The molecule has 0 aliphatic carbocycles. The van der Waals surface area contributed by atoms with Crippen molar-refractivity contribution in [2.24, 2.45) is 0 Å². The largest absolute Gasteiger partial charge is 0.444 e. The summed E-state index contributed by atoms with van der Waals surface area (Å²) in [4.78, 5) is 12.1. The molecule has 2 heterocycles. The number of halogens is 1. The third kappa shape index (κ3) is 2.79. The summed E-state index contributed by atoms with van der Waals surface area (Å²) in [6.45, 7) is 2.54. The number of anilines is 1. The molecule has 16 heavy (non-hydrogen) atoms. The van der Waals surface area contributed by atoms with E-state index < -0.39 is 0 Å². The molecule has 0 fully saturated rings. The molecule has 0 radical (unpaired) electrons. The molecule has 0 aromatic carbocycles. The quantitative estimate of drug-likeness (QED) is 0.873. The van der Waals surface area contributed by atoms with Crippen molar-refractivity contribution in [2.75, 3.05) is 5.32 Å². The monoisotopic (exact) mass is 282 g/mol. The molecule has 5 nitrogen and oxygen atoms in total. The van der Waals surface area contributed by atoms with Gasteiger partial charge in [-0.3, -0.25) is 0 Å². The first-order valence-electron chi connectivity index (χ1n) is 4.93. The van der Waals surface area contributed by atoms with Gasteiger partial charge in [-0.05, 0) is 15.9 Å². The molecule has 0 aliphatic heterocycles. The fourth-order valence-electron chi connectivity index (χ4n) is 1.19. The van der Waals surface area contributed by atoms with E-state index in [1.807, 2.05) is 6.92 Å². The molecule has 0 atom stereocenters. The molecule has 2 aromatic rings. The number of hydrogen-bond acceptors (Lipinski definition) is 5. The maximum Gasteiger partial charge on any atom is 0.213 e. The number of oxazole rings is 1. The molecule has 0 aliphatic rings. The summed E-state index contributed by atoms with van der Waals surface area (Å²) in [5.41, 5.74) is 0. The number of nitrogens with one attached hydrogen (secondary N) is 1. The molecule has 1 N–H and O–H groups in total. The van der Waals surface area contributed by atoms with Crippen LogP contribution in [-0.2, 0) is 13.0 Å². The van der Waals surface area contributed by atoms with Gasteiger partial charge in [0.2, 0.25) is 5.89 Å². The van der Waals surface area contributed by atoms with Crippen molar-refractivity contribution < 1.29 is 4.42 Å². The molecule has 0 bridgehead atoms. The van der Waals surface area contributed by atoms with E-state index >= 15 is 0 Å². The standard InChI is InChI=1S/C10H11BrN4O/c1-2-7-4-13-10(16-7)5-12-9-3-8(11)14-6-15-9/h3-4,6H,2,5H2,1H3,(H,12,14,15). The van der Waals surface area contributed by atoms with Gasteiger partial charge in [0.05, 0.1) is 12.7 Å². The fourth-order valence-corrected chi connectivity index (χ4v) is 1.50. The van der Waals surface area contributed by atoms with Crippen molar-refractivity contribution in [1.82, 2.24) is 15.0 Å². The maximum absolute atomic E-state index is 5.46. The Morgan fingerprint density at radius 3 is 2.94 bits per heavy atom. The zero-order valence-electron chi connectivity index (χ0n) is 8.77. The number of aryl methyl sites for hydroxylation is 1. The summed E-state index contributed by atoms with van der Waals surface area (Å²) in [6.07, 6.45) is 4.08. The number of nitrogens with zero attached hydrogens (tertiary/aromatic N) is 3. The number of rotatable bonds is 4. The van der Waals surface area contributed by atoms with E-state index in [1.54, 1.807) is 12.3 Å². The predicted octanol–water partition coefficient (Wildman–Crippen LogP) is 2.40. The summed E-state index contributed by atoms with van der Waals surface area (Å²) in [5.74, 6) is 2.28. The second-order valence-corrected chi connectivity index (χ2v) is 3.97. The molecular weight excluding hydrogens is 272 g/mol. The molecular formula is C10H11BrN4O. The van der Waals surface area contributed by atoms with Gasteiger partial charge in [-0.15, -0.1) is 0 Å². The van der Waals surface area contributed by atoms with Crippen LogP contribution < -0.4 is 5.32 Å². The molecule has 0 amide bonds. The van der Waals surface area contributed by atoms with Crippen LogP contribution in [0.3, 0.4) is 0 Å². The highest BCUT2D eigenvalue weighted by Gasteiger charge is 2.02. The van der Waals surface area contributed by atoms with E-state index in [2.05, 4.69) is 36.2 Å². The lowest BCUT2D eigenvalue weighted by molar-refractivity contribution is 0.465. The van der Waals surface area contributed by atoms with E-state index in [0.29, 0.717) is 12.4 Å². The summed E-state index contributed by atoms with van der Waals surface area (Å²) in [6, 6.07) is 1.80. The minimum Gasteiger partial charge on any atom is -0.444 e. The van der Waals surface area contributed by atoms with Crippen LogP contribution in [0.15, 0.2) is 27.6 Å². The lowest BCUT2D eigenvalue weighted by atomic mass is 10.4. The lowest BCUT2D eigenvalue weighted by Crippen LogP contribution is -2.01. The summed E-state index contributed by atoms with van der Waals surface area (Å²) >= 11 is 3.27. The van der Waals surface area contributed by atoms with Crippen LogP contribution in [0.4, 0.5) is 5.82 Å². The topological polar surface area (TPSA) is 63.8 Å². The highest BCUT2D eigenvalue weighted by Crippen LogP contribution is 2.11. The highest BCUT2D eigenvalue weighted by molar-refractivity contribution is 9.10. The van der Waals surface area contributed by atoms with Gasteiger partial charge in [-0.1, -0.05) is 6.92 Å². The Labute approximate surface area is 101 Å². The Balaban J connectivity index is 1.96. The molecule has 0 saturated heterocycles. The first-order valence-corrected chi connectivity index (χ1v) is 5.72. The third-order valence-electron chi connectivity index (χ3n) is 2.00. The van der Waals surface area contributed by atoms with Crippen molar-refractivity contribution in [1.29, 1.82) is 0 Å². The Kier molecular flexibility index (Phi) is 3.51. The molecule has 6 heteroatoms. The second-order valence-electron chi connectivity index (χ2n) is 3.15. The van der Waals surface area contributed by atoms with Crippen molar-refractivity contribution in [3.8, 4) is 0 Å². The van der Waals surface area contributed by atoms with E-state index in [4.69, 9.17) is 4.42 Å². The van der Waals surface area contributed by atoms with Crippen LogP contribution in [0.2, 0.25) is 0 Å². The molecule has 84 valence electrons. The van der Waals surface area contributed by atoms with Gasteiger partial charge in [-0.25, -0.2) is 15.0 Å². The van der Waals surface area contributed by atoms with Gasteiger partial charge in [-0.2, -0.15) is 0 Å². The zero-order chi connectivity index (χ0) is 11.4. The Morgan fingerprint density at radius 1 is 1.38 bits per heavy atom. The van der Waals surface area contributed by atoms with Gasteiger partial charge in [0, 0.05) is 12.5 Å². The minimum atomic E-state index is 0.517. The summed E-state index contributed by atoms with van der Waals surface area (Å²) in [7, 11) is 0. The van der Waals surface area contributed by atoms with Crippen molar-refractivity contribution in [3.63, 3.8) is 0 Å². The van der Waals surface area contributed by atoms with Crippen molar-refractivity contribution in [3.05, 3.63) is 34.8 Å². The van der Waals surface area contributed by atoms with E-state index in [1.165, 1.54) is 6.33 Å². The van der Waals surface area contributed by atoms with Gasteiger partial charge >= 0.3 is 0 Å². The molecule has 0 saturated carbocycles. The SMILES string of the molecule is CCc1cnc(CNc2cc(Br)ncn2)o1. The van der Waals surface area contributed by atoms with Gasteiger partial charge < -0.3 is 9.73 Å². The van der Waals surface area contributed by atoms with Crippen LogP contribution in [0.1, 0.15) is 18.6 Å². The Hall–Kier alpha value is -1.43. The Morgan fingerprint density at radius 2 is 2.25 bits per heavy atom. The van der Waals surface area contributed by atoms with Gasteiger partial charge in [0.25, 0.3) is 0 Å². The van der Waals surface area contributed by atoms with Crippen LogP contribution in [0, 0.1) is 0 Å². The van der Waals surface area contributed by atoms with Crippen LogP contribution >= 0.6 is 15.9 Å². The summed E-state index contributed by atoms with van der Waals surface area (Å²) in [5, 5.41) is 3.10. The van der Waals surface area contributed by atoms with Gasteiger partial charge in [0.15, 0.2) is 0 Å². The Bertz CT molecular complexity index is 471. The highest BCUT2D eigenvalue weighted by atomic mass is 79.9. The average Bonchev–Trinajstić information content (AvgIpc) is 2.74. The van der Waals surface area contributed by atoms with Gasteiger partial charge in [0.1, 0.15) is 22.5 Å². The van der Waals surface area contributed by atoms with Crippen molar-refractivity contribution in [2.45, 2.75) is 19.9 Å². The van der Waals surface area contributed by atoms with E-state index in [-0.39, 0.29) is 0 Å². The first kappa shape index (κ1) is 11.1. The van der Waals surface area contributed by atoms with Crippen molar-refractivity contribution >= 4 is 21.7 Å². The summed E-state index contributed by atoms with van der Waals surface area (Å²) < 4.78 is 6.20. The minimum absolute atomic E-state index is 0.517. The average molecular weight is 283 g/mol. The molecule has 0 unspecified atom stereocenters. The molecule has 2 aromatic heterocycles. The van der Waals surface area contributed by atoms with Crippen LogP contribution in [0.25, 0.3) is 0 Å². The van der Waals surface area contributed by atoms with E-state index in [9.17, 15) is 0 Å². The maximum atomic E-state index is 5.46. The molecule has 2 rings (SSSR count). The van der Waals surface area contributed by atoms with Crippen LogP contribution in [-0.4, -0.2) is 15.0 Å². The lowest BCUT2D eigenvalue weighted by Gasteiger charge is -2.01. The number of hydrogen-bond donors (Lipinski definition) is 1. The fraction of sp³-hybridized carbons (Fsp3) is 0.300. The normalized spacial score (nSPS) is 10.4. The smallest absolute Gasteiger partial charge is 0.213 e. The third-order valence-corrected chi connectivity index (χ3v) is 2.44. The predicted molar refractivity (Wildman–Crippen MR) is 62.9 cm³/mol. The zero-order valence-corrected chi connectivity index (χ0v) is 10.4. The number of aromatic nitrogens is 3. The molecule has 0 spiro atoms. The second kappa shape index (κ2) is 5.07.